The molecule has 3 N–H and O–H groups in total. The smallest absolute Gasteiger partial charge is 0.169 e. The Labute approximate surface area is 133 Å². The highest BCUT2D eigenvalue weighted by Gasteiger charge is 2.09. The molecule has 3 nitrogen and oxygen atoms in total. The van der Waals surface area contributed by atoms with E-state index >= 15 is 0 Å². The van der Waals surface area contributed by atoms with E-state index < -0.39 is 0 Å². The van der Waals surface area contributed by atoms with Crippen molar-refractivity contribution in [3.8, 4) is 0 Å². The van der Waals surface area contributed by atoms with Crippen LogP contribution in [-0.2, 0) is 12.8 Å². The molecule has 104 valence electrons. The first-order valence-corrected chi connectivity index (χ1v) is 7.17. The van der Waals surface area contributed by atoms with E-state index in [-0.39, 0.29) is 5.11 Å². The first kappa shape index (κ1) is 15.0. The zero-order valence-electron chi connectivity index (χ0n) is 10.6. The monoisotopic (exact) mass is 325 g/mol. The number of thiocarbonyl (C=S) groups is 1. The number of rotatable bonds is 4. The topological polar surface area (TPSA) is 50.9 Å². The Bertz CT molecular complexity index is 632. The van der Waals surface area contributed by atoms with E-state index in [1.807, 2.05) is 30.3 Å². The van der Waals surface area contributed by atoms with E-state index in [0.29, 0.717) is 10.8 Å². The van der Waals surface area contributed by atoms with E-state index in [4.69, 9.17) is 41.2 Å². The lowest BCUT2D eigenvalue weighted by atomic mass is 10.1. The second-order valence-electron chi connectivity index (χ2n) is 4.21. The second kappa shape index (κ2) is 6.88. The molecule has 0 radical (unpaired) electrons. The van der Waals surface area contributed by atoms with Gasteiger partial charge in [0.25, 0.3) is 0 Å². The van der Waals surface area contributed by atoms with Crippen LogP contribution in [-0.4, -0.2) is 10.1 Å². The lowest BCUT2D eigenvalue weighted by Crippen LogP contribution is -2.20. The van der Waals surface area contributed by atoms with Crippen molar-refractivity contribution in [2.24, 2.45) is 5.73 Å². The van der Waals surface area contributed by atoms with Gasteiger partial charge in [0.2, 0.25) is 0 Å². The van der Waals surface area contributed by atoms with Gasteiger partial charge in [-0.1, -0.05) is 41.4 Å². The van der Waals surface area contributed by atoms with Gasteiger partial charge < -0.3 is 11.1 Å². The number of nitrogens with zero attached hydrogens (tertiary/aromatic N) is 1. The third-order valence-corrected chi connectivity index (χ3v) is 3.72. The Morgan fingerprint density at radius 3 is 2.55 bits per heavy atom. The summed E-state index contributed by atoms with van der Waals surface area (Å²) in [6.07, 6.45) is 3.24. The summed E-state index contributed by atoms with van der Waals surface area (Å²) in [5.74, 6) is 0.482. The minimum absolute atomic E-state index is 0.141. The summed E-state index contributed by atoms with van der Waals surface area (Å²) in [7, 11) is 0. The third-order valence-electron chi connectivity index (χ3n) is 2.83. The normalized spacial score (nSPS) is 10.3. The molecule has 0 spiro atoms. The van der Waals surface area contributed by atoms with Crippen LogP contribution in [0.2, 0.25) is 10.0 Å². The molecule has 1 aromatic carbocycles. The number of benzene rings is 1. The predicted octanol–water partition coefficient (Wildman–Crippen LogP) is 3.83. The maximum Gasteiger partial charge on any atom is 0.169 e. The Kier molecular flexibility index (Phi) is 5.17. The zero-order chi connectivity index (χ0) is 14.5. The number of aryl methyl sites for hydroxylation is 2. The number of anilines is 1. The molecule has 2 rings (SSSR count). The Balaban J connectivity index is 2.14. The van der Waals surface area contributed by atoms with Gasteiger partial charge in [-0.2, -0.15) is 0 Å². The van der Waals surface area contributed by atoms with Gasteiger partial charge >= 0.3 is 0 Å². The van der Waals surface area contributed by atoms with E-state index in [9.17, 15) is 0 Å². The van der Waals surface area contributed by atoms with Gasteiger partial charge in [-0.15, -0.1) is 0 Å². The highest BCUT2D eigenvalue weighted by Crippen LogP contribution is 2.25. The third kappa shape index (κ3) is 3.82. The summed E-state index contributed by atoms with van der Waals surface area (Å²) < 4.78 is 0. The predicted molar refractivity (Wildman–Crippen MR) is 88.5 cm³/mol. The maximum absolute atomic E-state index is 6.29. The number of pyridine rings is 1. The molecular weight excluding hydrogens is 313 g/mol. The quantitative estimate of drug-likeness (QED) is 0.839. The number of aromatic nitrogens is 1. The number of hydrogen-bond acceptors (Lipinski definition) is 2. The van der Waals surface area contributed by atoms with E-state index in [0.717, 1.165) is 29.0 Å². The van der Waals surface area contributed by atoms with Crippen LogP contribution in [0.5, 0.6) is 0 Å². The van der Waals surface area contributed by atoms with Crippen LogP contribution in [0.25, 0.3) is 0 Å². The van der Waals surface area contributed by atoms with E-state index in [1.165, 1.54) is 0 Å². The molecule has 0 unspecified atom stereocenters. The SMILES string of the molecule is NC(=S)Nc1nccc(CCc2ccccc2Cl)c1Cl. The Morgan fingerprint density at radius 1 is 1.15 bits per heavy atom. The number of hydrogen-bond donors (Lipinski definition) is 2. The van der Waals surface area contributed by atoms with E-state index in [2.05, 4.69) is 10.3 Å². The van der Waals surface area contributed by atoms with Crippen molar-refractivity contribution in [2.45, 2.75) is 12.8 Å². The first-order valence-electron chi connectivity index (χ1n) is 6.01. The summed E-state index contributed by atoms with van der Waals surface area (Å²) in [5, 5.41) is 4.20. The van der Waals surface area contributed by atoms with Crippen LogP contribution in [0.3, 0.4) is 0 Å². The highest BCUT2D eigenvalue weighted by molar-refractivity contribution is 7.80. The van der Waals surface area contributed by atoms with Gasteiger partial charge in [-0.25, -0.2) is 4.98 Å². The molecule has 0 atom stereocenters. The molecule has 0 bridgehead atoms. The summed E-state index contributed by atoms with van der Waals surface area (Å²) in [6, 6.07) is 9.64. The molecule has 0 fully saturated rings. The van der Waals surface area contributed by atoms with Gasteiger partial charge in [0.1, 0.15) is 0 Å². The molecule has 0 aliphatic heterocycles. The average Bonchev–Trinajstić information content (AvgIpc) is 2.41. The van der Waals surface area contributed by atoms with Crippen molar-refractivity contribution in [1.29, 1.82) is 0 Å². The fraction of sp³-hybridized carbons (Fsp3) is 0.143. The lowest BCUT2D eigenvalue weighted by Gasteiger charge is -2.10. The number of nitrogens with two attached hydrogens (primary N) is 1. The largest absolute Gasteiger partial charge is 0.376 e. The van der Waals surface area contributed by atoms with Gasteiger partial charge in [0.15, 0.2) is 10.9 Å². The summed E-state index contributed by atoms with van der Waals surface area (Å²) in [6.45, 7) is 0. The molecule has 0 saturated heterocycles. The van der Waals surface area contributed by atoms with Crippen molar-refractivity contribution in [3.05, 3.63) is 57.7 Å². The maximum atomic E-state index is 6.29. The van der Waals surface area contributed by atoms with Crippen LogP contribution in [0.4, 0.5) is 5.82 Å². The molecule has 6 heteroatoms. The first-order chi connectivity index (χ1) is 9.58. The van der Waals surface area contributed by atoms with Gasteiger partial charge in [-0.3, -0.25) is 0 Å². The van der Waals surface area contributed by atoms with Crippen LogP contribution in [0, 0.1) is 0 Å². The molecule has 0 aliphatic rings. The van der Waals surface area contributed by atoms with Crippen molar-refractivity contribution < 1.29 is 0 Å². The minimum atomic E-state index is 0.141. The molecule has 20 heavy (non-hydrogen) atoms. The van der Waals surface area contributed by atoms with Crippen LogP contribution in [0.1, 0.15) is 11.1 Å². The molecule has 1 heterocycles. The summed E-state index contributed by atoms with van der Waals surface area (Å²) in [5.41, 5.74) is 7.49. The molecule has 0 saturated carbocycles. The van der Waals surface area contributed by atoms with Crippen molar-refractivity contribution >= 4 is 46.4 Å². The average molecular weight is 326 g/mol. The van der Waals surface area contributed by atoms with E-state index in [1.54, 1.807) is 6.20 Å². The van der Waals surface area contributed by atoms with Crippen LogP contribution in [0.15, 0.2) is 36.5 Å². The lowest BCUT2D eigenvalue weighted by molar-refractivity contribution is 0.957. The molecule has 2 aromatic rings. The molecular formula is C14H13Cl2N3S. The second-order valence-corrected chi connectivity index (χ2v) is 5.44. The molecule has 0 amide bonds. The fourth-order valence-corrected chi connectivity index (χ4v) is 2.43. The molecule has 1 aromatic heterocycles. The summed E-state index contributed by atoms with van der Waals surface area (Å²) >= 11 is 17.2. The highest BCUT2D eigenvalue weighted by atomic mass is 35.5. The Hall–Kier alpha value is -1.36. The van der Waals surface area contributed by atoms with Crippen molar-refractivity contribution in [2.75, 3.05) is 5.32 Å². The van der Waals surface area contributed by atoms with Gasteiger partial charge in [0, 0.05) is 11.2 Å². The standard InChI is InChI=1S/C14H13Cl2N3S/c15-11-4-2-1-3-9(11)5-6-10-7-8-18-13(12(10)16)19-14(17)20/h1-4,7-8H,5-6H2,(H3,17,18,19,20). The minimum Gasteiger partial charge on any atom is -0.376 e. The zero-order valence-corrected chi connectivity index (χ0v) is 12.9. The van der Waals surface area contributed by atoms with Crippen LogP contribution < -0.4 is 11.1 Å². The number of halogens is 2. The van der Waals surface area contributed by atoms with Crippen molar-refractivity contribution in [3.63, 3.8) is 0 Å². The fourth-order valence-electron chi connectivity index (χ4n) is 1.85. The van der Waals surface area contributed by atoms with Gasteiger partial charge in [0.05, 0.1) is 5.02 Å². The van der Waals surface area contributed by atoms with Crippen molar-refractivity contribution in [1.82, 2.24) is 4.98 Å². The number of nitrogens with one attached hydrogen (secondary N) is 1. The summed E-state index contributed by atoms with van der Waals surface area (Å²) in [4.78, 5) is 4.12. The molecule has 0 aliphatic carbocycles. The van der Waals surface area contributed by atoms with Crippen LogP contribution >= 0.6 is 35.4 Å². The van der Waals surface area contributed by atoms with Gasteiger partial charge in [-0.05, 0) is 48.3 Å². The Morgan fingerprint density at radius 2 is 1.85 bits per heavy atom.